The molecule has 2 aromatic rings. The fourth-order valence-corrected chi connectivity index (χ4v) is 2.80. The first-order valence-electron chi connectivity index (χ1n) is 8.52. The number of benzene rings is 1. The van der Waals surface area contributed by atoms with Gasteiger partial charge in [-0.05, 0) is 44.1 Å². The van der Waals surface area contributed by atoms with Crippen LogP contribution in [0, 0.1) is 5.82 Å². The molecule has 0 atom stereocenters. The van der Waals surface area contributed by atoms with Crippen LogP contribution >= 0.6 is 0 Å². The summed E-state index contributed by atoms with van der Waals surface area (Å²) in [5.41, 5.74) is -1.02. The number of nitrogens with one attached hydrogen (secondary N) is 2. The molecule has 10 heteroatoms. The lowest BCUT2D eigenvalue weighted by Crippen LogP contribution is -2.34. The molecule has 0 aliphatic carbocycles. The summed E-state index contributed by atoms with van der Waals surface area (Å²) in [5, 5.41) is 4.65. The second-order valence-corrected chi connectivity index (χ2v) is 6.25. The minimum absolute atomic E-state index is 0.00507. The zero-order valence-corrected chi connectivity index (χ0v) is 14.6. The van der Waals surface area contributed by atoms with Crippen molar-refractivity contribution in [2.75, 3.05) is 18.4 Å². The highest BCUT2D eigenvalue weighted by Gasteiger charge is 2.39. The molecule has 1 amide bonds. The van der Waals surface area contributed by atoms with Crippen LogP contribution in [-0.2, 0) is 4.79 Å². The van der Waals surface area contributed by atoms with Crippen LogP contribution in [0.1, 0.15) is 12.8 Å². The number of hydrogen-bond acceptors (Lipinski definition) is 4. The molecule has 150 valence electrons. The molecule has 28 heavy (non-hydrogen) atoms. The van der Waals surface area contributed by atoms with E-state index in [2.05, 4.69) is 5.32 Å². The van der Waals surface area contributed by atoms with Crippen molar-refractivity contribution in [1.29, 1.82) is 0 Å². The SMILES string of the molecule is O=C(Nc1ccc(-n2ccc(OC3CCNCC3)cc2=O)cc1F)C(F)(F)F. The minimum Gasteiger partial charge on any atom is -0.490 e. The Morgan fingerprint density at radius 3 is 2.50 bits per heavy atom. The van der Waals surface area contributed by atoms with E-state index in [1.54, 1.807) is 6.07 Å². The van der Waals surface area contributed by atoms with E-state index in [1.807, 2.05) is 0 Å². The van der Waals surface area contributed by atoms with Crippen LogP contribution in [0.2, 0.25) is 0 Å². The molecular weight excluding hydrogens is 382 g/mol. The van der Waals surface area contributed by atoms with Crippen LogP contribution in [0.3, 0.4) is 0 Å². The molecule has 0 radical (unpaired) electrons. The van der Waals surface area contributed by atoms with Crippen molar-refractivity contribution in [3.8, 4) is 11.4 Å². The molecule has 2 N–H and O–H groups in total. The summed E-state index contributed by atoms with van der Waals surface area (Å²) in [7, 11) is 0. The molecule has 0 saturated carbocycles. The van der Waals surface area contributed by atoms with Crippen molar-refractivity contribution in [3.05, 3.63) is 52.7 Å². The third-order valence-electron chi connectivity index (χ3n) is 4.22. The highest BCUT2D eigenvalue weighted by molar-refractivity contribution is 5.95. The van der Waals surface area contributed by atoms with Crippen LogP contribution in [0.4, 0.5) is 23.2 Å². The smallest absolute Gasteiger partial charge is 0.471 e. The van der Waals surface area contributed by atoms with Gasteiger partial charge in [-0.15, -0.1) is 0 Å². The molecule has 1 aliphatic heterocycles. The van der Waals surface area contributed by atoms with Gasteiger partial charge in [0.25, 0.3) is 5.56 Å². The Labute approximate surface area is 157 Å². The molecule has 0 unspecified atom stereocenters. The van der Waals surface area contributed by atoms with Crippen LogP contribution in [0.15, 0.2) is 41.3 Å². The maximum Gasteiger partial charge on any atom is 0.471 e. The van der Waals surface area contributed by atoms with Crippen LogP contribution in [-0.4, -0.2) is 35.8 Å². The van der Waals surface area contributed by atoms with Gasteiger partial charge >= 0.3 is 12.1 Å². The molecule has 1 aliphatic rings. The maximum atomic E-state index is 14.1. The molecule has 2 heterocycles. The van der Waals surface area contributed by atoms with E-state index in [9.17, 15) is 27.2 Å². The summed E-state index contributed by atoms with van der Waals surface area (Å²) in [4.78, 5) is 23.2. The van der Waals surface area contributed by atoms with Crippen molar-refractivity contribution in [2.24, 2.45) is 0 Å². The zero-order valence-electron chi connectivity index (χ0n) is 14.6. The van der Waals surface area contributed by atoms with Crippen LogP contribution < -0.4 is 20.9 Å². The van der Waals surface area contributed by atoms with Gasteiger partial charge in [-0.3, -0.25) is 14.2 Å². The third-order valence-corrected chi connectivity index (χ3v) is 4.22. The molecule has 1 aromatic heterocycles. The molecule has 6 nitrogen and oxygen atoms in total. The Hall–Kier alpha value is -2.88. The highest BCUT2D eigenvalue weighted by Crippen LogP contribution is 2.22. The standard InChI is InChI=1S/C18H17F4N3O3/c19-14-9-11(1-2-15(14)24-17(27)18(20,21)22)25-8-5-13(10-16(25)26)28-12-3-6-23-7-4-12/h1-2,5,8-10,12,23H,3-4,6-7H2,(H,24,27). The average molecular weight is 399 g/mol. The number of halogens is 4. The lowest BCUT2D eigenvalue weighted by molar-refractivity contribution is -0.167. The first-order chi connectivity index (χ1) is 13.2. The van der Waals surface area contributed by atoms with Gasteiger partial charge in [0.05, 0.1) is 11.4 Å². The van der Waals surface area contributed by atoms with E-state index < -0.39 is 29.1 Å². The monoisotopic (exact) mass is 399 g/mol. The van der Waals surface area contributed by atoms with Gasteiger partial charge in [-0.1, -0.05) is 0 Å². The topological polar surface area (TPSA) is 72.4 Å². The third kappa shape index (κ3) is 4.69. The van der Waals surface area contributed by atoms with E-state index >= 15 is 0 Å². The number of rotatable bonds is 4. The number of carbonyl (C=O) groups is 1. The van der Waals surface area contributed by atoms with E-state index in [1.165, 1.54) is 23.6 Å². The average Bonchev–Trinajstić information content (AvgIpc) is 2.63. The van der Waals surface area contributed by atoms with E-state index in [0.29, 0.717) is 5.75 Å². The number of aromatic nitrogens is 1. The number of piperidine rings is 1. The molecule has 1 saturated heterocycles. The predicted octanol–water partition coefficient (Wildman–Crippen LogP) is 2.61. The van der Waals surface area contributed by atoms with E-state index in [4.69, 9.17) is 4.74 Å². The lowest BCUT2D eigenvalue weighted by atomic mass is 10.1. The van der Waals surface area contributed by atoms with Gasteiger partial charge in [0.1, 0.15) is 17.7 Å². The summed E-state index contributed by atoms with van der Waals surface area (Å²) in [6, 6.07) is 5.87. The largest absolute Gasteiger partial charge is 0.490 e. The fraction of sp³-hybridized carbons (Fsp3) is 0.333. The highest BCUT2D eigenvalue weighted by atomic mass is 19.4. The summed E-state index contributed by atoms with van der Waals surface area (Å²) < 4.78 is 57.8. The van der Waals surface area contributed by atoms with Gasteiger partial charge in [0, 0.05) is 18.3 Å². The quantitative estimate of drug-likeness (QED) is 0.776. The van der Waals surface area contributed by atoms with E-state index in [-0.39, 0.29) is 11.8 Å². The number of ether oxygens (including phenoxy) is 1. The van der Waals surface area contributed by atoms with Crippen molar-refractivity contribution >= 4 is 11.6 Å². The number of hydrogen-bond donors (Lipinski definition) is 2. The first-order valence-corrected chi connectivity index (χ1v) is 8.52. The molecule has 1 fully saturated rings. The Kier molecular flexibility index (Phi) is 5.68. The first kappa shape index (κ1) is 19.9. The van der Waals surface area contributed by atoms with Crippen molar-refractivity contribution in [3.63, 3.8) is 0 Å². The predicted molar refractivity (Wildman–Crippen MR) is 93.2 cm³/mol. The minimum atomic E-state index is -5.13. The van der Waals surface area contributed by atoms with Gasteiger partial charge in [0.2, 0.25) is 0 Å². The van der Waals surface area contributed by atoms with Crippen molar-refractivity contribution in [2.45, 2.75) is 25.1 Å². The zero-order chi connectivity index (χ0) is 20.3. The summed E-state index contributed by atoms with van der Waals surface area (Å²) in [6.07, 6.45) is -2.10. The Bertz CT molecular complexity index is 921. The van der Waals surface area contributed by atoms with Crippen molar-refractivity contribution in [1.82, 2.24) is 9.88 Å². The maximum absolute atomic E-state index is 14.1. The number of amides is 1. The Morgan fingerprint density at radius 2 is 1.89 bits per heavy atom. The number of carbonyl (C=O) groups excluding carboxylic acids is 1. The number of alkyl halides is 3. The second-order valence-electron chi connectivity index (χ2n) is 6.25. The Morgan fingerprint density at radius 1 is 1.18 bits per heavy atom. The van der Waals surface area contributed by atoms with E-state index in [0.717, 1.165) is 42.6 Å². The van der Waals surface area contributed by atoms with Gasteiger partial charge < -0.3 is 15.4 Å². The number of anilines is 1. The fourth-order valence-electron chi connectivity index (χ4n) is 2.80. The summed E-state index contributed by atoms with van der Waals surface area (Å²) in [5.74, 6) is -2.99. The van der Waals surface area contributed by atoms with Crippen LogP contribution in [0.25, 0.3) is 5.69 Å². The molecular formula is C18H17F4N3O3. The molecule has 0 spiro atoms. The van der Waals surface area contributed by atoms with Gasteiger partial charge in [-0.25, -0.2) is 4.39 Å². The molecule has 1 aromatic carbocycles. The summed E-state index contributed by atoms with van der Waals surface area (Å²) in [6.45, 7) is 1.66. The second kappa shape index (κ2) is 8.01. The van der Waals surface area contributed by atoms with Gasteiger partial charge in [-0.2, -0.15) is 13.2 Å². The van der Waals surface area contributed by atoms with Gasteiger partial charge in [0.15, 0.2) is 0 Å². The van der Waals surface area contributed by atoms with Crippen molar-refractivity contribution < 1.29 is 27.1 Å². The normalized spacial score (nSPS) is 15.3. The molecule has 3 rings (SSSR count). The number of pyridine rings is 1. The Balaban J connectivity index is 1.77. The van der Waals surface area contributed by atoms with Crippen LogP contribution in [0.5, 0.6) is 5.75 Å². The lowest BCUT2D eigenvalue weighted by Gasteiger charge is -2.23. The summed E-state index contributed by atoms with van der Waals surface area (Å²) >= 11 is 0. The number of nitrogens with zero attached hydrogens (tertiary/aromatic N) is 1. The molecule has 0 bridgehead atoms.